The first kappa shape index (κ1) is 30.4. The number of carbonyl (C=O) groups is 2. The summed E-state index contributed by atoms with van der Waals surface area (Å²) < 4.78 is 42.9. The van der Waals surface area contributed by atoms with Crippen molar-refractivity contribution in [1.29, 1.82) is 0 Å². The first-order chi connectivity index (χ1) is 18.4. The second-order valence-electron chi connectivity index (χ2n) is 9.35. The molecule has 0 radical (unpaired) electrons. The number of halogens is 3. The molecule has 0 unspecified atom stereocenters. The van der Waals surface area contributed by atoms with Crippen molar-refractivity contribution in [2.75, 3.05) is 17.4 Å². The Bertz CT molecular complexity index is 1420. The van der Waals surface area contributed by atoms with Gasteiger partial charge < -0.3 is 10.2 Å². The van der Waals surface area contributed by atoms with Gasteiger partial charge in [0.05, 0.1) is 10.6 Å². The summed E-state index contributed by atoms with van der Waals surface area (Å²) in [6.07, 6.45) is 0. The van der Waals surface area contributed by atoms with Crippen LogP contribution in [-0.4, -0.2) is 44.3 Å². The molecular formula is C28H30Cl2FN3O4S. The smallest absolute Gasteiger partial charge is 0.264 e. The van der Waals surface area contributed by atoms with Gasteiger partial charge in [-0.05, 0) is 54.8 Å². The van der Waals surface area contributed by atoms with Gasteiger partial charge in [-0.15, -0.1) is 0 Å². The number of nitrogens with zero attached hydrogens (tertiary/aromatic N) is 2. The van der Waals surface area contributed by atoms with E-state index < -0.39 is 40.2 Å². The summed E-state index contributed by atoms with van der Waals surface area (Å²) in [6, 6.07) is 16.5. The predicted molar refractivity (Wildman–Crippen MR) is 152 cm³/mol. The van der Waals surface area contributed by atoms with Crippen molar-refractivity contribution in [2.24, 2.45) is 5.92 Å². The normalized spacial score (nSPS) is 12.2. The Hall–Kier alpha value is -3.14. The number of nitrogens with one attached hydrogen (secondary N) is 1. The molecule has 0 heterocycles. The molecule has 0 saturated heterocycles. The van der Waals surface area contributed by atoms with Crippen molar-refractivity contribution in [2.45, 2.75) is 38.3 Å². The van der Waals surface area contributed by atoms with Crippen LogP contribution in [0.15, 0.2) is 77.7 Å². The lowest BCUT2D eigenvalue weighted by Crippen LogP contribution is -2.51. The van der Waals surface area contributed by atoms with Crippen molar-refractivity contribution in [3.63, 3.8) is 0 Å². The van der Waals surface area contributed by atoms with Crippen LogP contribution in [0.4, 0.5) is 10.1 Å². The van der Waals surface area contributed by atoms with E-state index >= 15 is 0 Å². The van der Waals surface area contributed by atoms with E-state index in [9.17, 15) is 22.4 Å². The van der Waals surface area contributed by atoms with Crippen molar-refractivity contribution in [3.8, 4) is 0 Å². The fourth-order valence-corrected chi connectivity index (χ4v) is 5.67. The number of hydrogen-bond donors (Lipinski definition) is 1. The summed E-state index contributed by atoms with van der Waals surface area (Å²) in [5.74, 6) is -1.80. The number of rotatable bonds is 11. The highest BCUT2D eigenvalue weighted by Gasteiger charge is 2.33. The van der Waals surface area contributed by atoms with Gasteiger partial charge in [-0.25, -0.2) is 12.8 Å². The minimum atomic E-state index is -4.36. The van der Waals surface area contributed by atoms with Gasteiger partial charge in [0.25, 0.3) is 10.0 Å². The molecule has 3 rings (SSSR count). The Morgan fingerprint density at radius 1 is 0.949 bits per heavy atom. The summed E-state index contributed by atoms with van der Waals surface area (Å²) in [6.45, 7) is 4.92. The molecule has 1 atom stereocenters. The van der Waals surface area contributed by atoms with Crippen LogP contribution >= 0.6 is 23.2 Å². The SMILES string of the molecule is CC(C)CNC(=O)[C@H](C)N(Cc1ccc(Cl)cc1Cl)C(=O)CN(c1ccccc1F)S(=O)(=O)c1ccccc1. The Morgan fingerprint density at radius 3 is 2.21 bits per heavy atom. The topological polar surface area (TPSA) is 86.8 Å². The molecule has 2 amide bonds. The van der Waals surface area contributed by atoms with Crippen LogP contribution in [0.2, 0.25) is 10.0 Å². The molecule has 0 fully saturated rings. The van der Waals surface area contributed by atoms with E-state index in [0.29, 0.717) is 17.1 Å². The van der Waals surface area contributed by atoms with Crippen LogP contribution in [0.25, 0.3) is 0 Å². The van der Waals surface area contributed by atoms with E-state index in [4.69, 9.17) is 23.2 Å². The zero-order chi connectivity index (χ0) is 28.7. The summed E-state index contributed by atoms with van der Waals surface area (Å²) in [5, 5.41) is 3.47. The minimum Gasteiger partial charge on any atom is -0.354 e. The van der Waals surface area contributed by atoms with Crippen LogP contribution in [0.5, 0.6) is 0 Å². The monoisotopic (exact) mass is 593 g/mol. The third kappa shape index (κ3) is 7.71. The van der Waals surface area contributed by atoms with E-state index in [2.05, 4.69) is 5.32 Å². The van der Waals surface area contributed by atoms with E-state index in [1.807, 2.05) is 13.8 Å². The van der Waals surface area contributed by atoms with Gasteiger partial charge in [0, 0.05) is 23.1 Å². The number of carbonyl (C=O) groups excluding carboxylic acids is 2. The average Bonchev–Trinajstić information content (AvgIpc) is 2.90. The number of hydrogen-bond acceptors (Lipinski definition) is 4. The molecule has 0 aliphatic carbocycles. The lowest BCUT2D eigenvalue weighted by molar-refractivity contribution is -0.139. The molecule has 0 bridgehead atoms. The summed E-state index contributed by atoms with van der Waals surface area (Å²) in [4.78, 5) is 27.9. The number of anilines is 1. The van der Waals surface area contributed by atoms with Gasteiger partial charge in [-0.2, -0.15) is 0 Å². The Labute approximate surface area is 238 Å². The van der Waals surface area contributed by atoms with Crippen LogP contribution in [0, 0.1) is 11.7 Å². The average molecular weight is 595 g/mol. The lowest BCUT2D eigenvalue weighted by Gasteiger charge is -2.32. The van der Waals surface area contributed by atoms with E-state index in [0.717, 1.165) is 10.4 Å². The molecule has 3 aromatic carbocycles. The largest absolute Gasteiger partial charge is 0.354 e. The molecule has 208 valence electrons. The highest BCUT2D eigenvalue weighted by atomic mass is 35.5. The Kier molecular flexibility index (Phi) is 10.4. The number of para-hydroxylation sites is 1. The van der Waals surface area contributed by atoms with Gasteiger partial charge in [0.15, 0.2) is 0 Å². The van der Waals surface area contributed by atoms with E-state index in [-0.39, 0.29) is 28.1 Å². The molecular weight excluding hydrogens is 564 g/mol. The zero-order valence-corrected chi connectivity index (χ0v) is 24.1. The van der Waals surface area contributed by atoms with Crippen molar-refractivity contribution in [3.05, 3.63) is 94.2 Å². The molecule has 39 heavy (non-hydrogen) atoms. The van der Waals surface area contributed by atoms with Crippen molar-refractivity contribution < 1.29 is 22.4 Å². The summed E-state index contributed by atoms with van der Waals surface area (Å²) in [7, 11) is -4.36. The van der Waals surface area contributed by atoms with Gasteiger partial charge in [0.2, 0.25) is 11.8 Å². The molecule has 11 heteroatoms. The van der Waals surface area contributed by atoms with Gasteiger partial charge in [0.1, 0.15) is 18.4 Å². The molecule has 1 N–H and O–H groups in total. The maximum Gasteiger partial charge on any atom is 0.264 e. The molecule has 3 aromatic rings. The summed E-state index contributed by atoms with van der Waals surface area (Å²) >= 11 is 12.4. The van der Waals surface area contributed by atoms with E-state index in [1.165, 1.54) is 60.4 Å². The molecule has 0 aliphatic rings. The molecule has 0 aliphatic heterocycles. The van der Waals surface area contributed by atoms with Gasteiger partial charge in [-0.3, -0.25) is 13.9 Å². The highest BCUT2D eigenvalue weighted by molar-refractivity contribution is 7.92. The Morgan fingerprint density at radius 2 is 1.59 bits per heavy atom. The van der Waals surface area contributed by atoms with Crippen LogP contribution in [0.1, 0.15) is 26.3 Å². The van der Waals surface area contributed by atoms with Gasteiger partial charge >= 0.3 is 0 Å². The lowest BCUT2D eigenvalue weighted by atomic mass is 10.1. The quantitative estimate of drug-likeness (QED) is 0.317. The third-order valence-electron chi connectivity index (χ3n) is 5.94. The molecule has 0 spiro atoms. The fraction of sp³-hybridized carbons (Fsp3) is 0.286. The van der Waals surface area contributed by atoms with Crippen LogP contribution < -0.4 is 9.62 Å². The Balaban J connectivity index is 2.03. The second-order valence-corrected chi connectivity index (χ2v) is 12.1. The van der Waals surface area contributed by atoms with Crippen LogP contribution in [-0.2, 0) is 26.2 Å². The first-order valence-electron chi connectivity index (χ1n) is 12.2. The third-order valence-corrected chi connectivity index (χ3v) is 8.30. The predicted octanol–water partition coefficient (Wildman–Crippen LogP) is 5.52. The number of benzene rings is 3. The molecule has 0 aromatic heterocycles. The minimum absolute atomic E-state index is 0.110. The van der Waals surface area contributed by atoms with Crippen molar-refractivity contribution >= 4 is 50.7 Å². The van der Waals surface area contributed by atoms with E-state index in [1.54, 1.807) is 18.2 Å². The molecule has 7 nitrogen and oxygen atoms in total. The molecule has 0 saturated carbocycles. The number of amides is 2. The second kappa shape index (κ2) is 13.3. The first-order valence-corrected chi connectivity index (χ1v) is 14.4. The maximum atomic E-state index is 14.9. The van der Waals surface area contributed by atoms with Crippen molar-refractivity contribution in [1.82, 2.24) is 10.2 Å². The number of sulfonamides is 1. The van der Waals surface area contributed by atoms with Crippen LogP contribution in [0.3, 0.4) is 0 Å². The fourth-order valence-electron chi connectivity index (χ4n) is 3.76. The van der Waals surface area contributed by atoms with Gasteiger partial charge in [-0.1, -0.05) is 73.4 Å². The zero-order valence-electron chi connectivity index (χ0n) is 21.8. The maximum absolute atomic E-state index is 14.9. The standard InChI is InChI=1S/C28H30Cl2FN3O4S/c1-19(2)16-32-28(36)20(3)33(17-21-13-14-22(29)15-24(21)30)27(35)18-34(26-12-8-7-11-25(26)31)39(37,38)23-9-5-4-6-10-23/h4-15,19-20H,16-18H2,1-3H3,(H,32,36)/t20-/m0/s1. The highest BCUT2D eigenvalue weighted by Crippen LogP contribution is 2.28. The summed E-state index contributed by atoms with van der Waals surface area (Å²) in [5.41, 5.74) is 0.206.